The van der Waals surface area contributed by atoms with Crippen molar-refractivity contribution in [1.29, 1.82) is 0 Å². The van der Waals surface area contributed by atoms with Gasteiger partial charge in [-0.2, -0.15) is 0 Å². The molecule has 0 saturated carbocycles. The molecule has 1 atom stereocenters. The molecule has 31 heavy (non-hydrogen) atoms. The number of aliphatic hydroxyl groups excluding tert-OH is 1. The Morgan fingerprint density at radius 3 is 2.23 bits per heavy atom. The molecule has 1 fully saturated rings. The molecular formula is C27H37NO3. The summed E-state index contributed by atoms with van der Waals surface area (Å²) in [6, 6.07) is 18.1. The normalized spacial score (nSPS) is 19.6. The highest BCUT2D eigenvalue weighted by Crippen LogP contribution is 2.39. The van der Waals surface area contributed by atoms with Crippen LogP contribution in [0.3, 0.4) is 0 Å². The molecule has 0 amide bonds. The van der Waals surface area contributed by atoms with Crippen LogP contribution in [0.5, 0.6) is 5.75 Å². The Kier molecular flexibility index (Phi) is 7.58. The first kappa shape index (κ1) is 23.5. The Labute approximate surface area is 187 Å². The number of piperidine rings is 1. The highest BCUT2D eigenvalue weighted by Gasteiger charge is 2.46. The van der Waals surface area contributed by atoms with Crippen molar-refractivity contribution in [2.75, 3.05) is 13.2 Å². The summed E-state index contributed by atoms with van der Waals surface area (Å²) >= 11 is 0. The van der Waals surface area contributed by atoms with E-state index in [1.54, 1.807) is 6.08 Å². The lowest BCUT2D eigenvalue weighted by Crippen LogP contribution is -2.64. The van der Waals surface area contributed by atoms with Gasteiger partial charge in [-0.15, -0.1) is 0 Å². The Bertz CT molecular complexity index is 811. The van der Waals surface area contributed by atoms with Gasteiger partial charge in [0.25, 0.3) is 0 Å². The number of hydrogen-bond donors (Lipinski definition) is 1. The summed E-state index contributed by atoms with van der Waals surface area (Å²) in [5, 5.41) is 10.7. The molecule has 3 rings (SSSR count). The molecule has 1 N–H and O–H groups in total. The van der Waals surface area contributed by atoms with Crippen molar-refractivity contribution in [2.45, 2.75) is 70.4 Å². The summed E-state index contributed by atoms with van der Waals surface area (Å²) in [5.41, 5.74) is 2.08. The number of aliphatic hydroxyl groups is 1. The number of rotatable bonds is 9. The molecule has 1 saturated heterocycles. The van der Waals surface area contributed by atoms with Gasteiger partial charge < -0.3 is 14.6 Å². The molecule has 0 aromatic heterocycles. The van der Waals surface area contributed by atoms with Gasteiger partial charge >= 0.3 is 0 Å². The van der Waals surface area contributed by atoms with Crippen molar-refractivity contribution in [3.05, 3.63) is 72.3 Å². The predicted molar refractivity (Wildman–Crippen MR) is 127 cm³/mol. The fourth-order valence-electron chi connectivity index (χ4n) is 4.78. The minimum Gasteiger partial charge on any atom is -0.491 e. The maximum Gasteiger partial charge on any atom is 0.119 e. The quantitative estimate of drug-likeness (QED) is 0.594. The van der Waals surface area contributed by atoms with Gasteiger partial charge in [0.05, 0.1) is 12.7 Å². The maximum atomic E-state index is 10.7. The average Bonchev–Trinajstić information content (AvgIpc) is 2.74. The SMILES string of the molecule is C=Cc1ccc(OCC(O)CN2C(C)(C)CC(OCc3ccccc3)CC2(C)C)cc1. The number of benzene rings is 2. The minimum absolute atomic E-state index is 0.0876. The van der Waals surface area contributed by atoms with Crippen LogP contribution in [0.4, 0.5) is 0 Å². The molecule has 2 aromatic rings. The molecule has 0 aliphatic carbocycles. The van der Waals surface area contributed by atoms with E-state index in [1.807, 2.05) is 42.5 Å². The Morgan fingerprint density at radius 1 is 1.03 bits per heavy atom. The van der Waals surface area contributed by atoms with Crippen LogP contribution in [-0.4, -0.2) is 46.4 Å². The van der Waals surface area contributed by atoms with Crippen molar-refractivity contribution >= 4 is 6.08 Å². The number of nitrogens with zero attached hydrogens (tertiary/aromatic N) is 1. The van der Waals surface area contributed by atoms with E-state index in [2.05, 4.69) is 51.3 Å². The number of likely N-dealkylation sites (tertiary alicyclic amines) is 1. The molecule has 168 valence electrons. The van der Waals surface area contributed by atoms with Gasteiger partial charge in [-0.05, 0) is 63.8 Å². The van der Waals surface area contributed by atoms with Crippen LogP contribution in [0.2, 0.25) is 0 Å². The molecule has 1 heterocycles. The van der Waals surface area contributed by atoms with E-state index in [0.29, 0.717) is 13.2 Å². The van der Waals surface area contributed by atoms with Crippen molar-refractivity contribution in [3.63, 3.8) is 0 Å². The molecule has 0 spiro atoms. The first-order valence-corrected chi connectivity index (χ1v) is 11.2. The van der Waals surface area contributed by atoms with E-state index in [4.69, 9.17) is 9.47 Å². The summed E-state index contributed by atoms with van der Waals surface area (Å²) in [6.45, 7) is 14.2. The third-order valence-corrected chi connectivity index (χ3v) is 6.20. The largest absolute Gasteiger partial charge is 0.491 e. The van der Waals surface area contributed by atoms with Crippen molar-refractivity contribution in [2.24, 2.45) is 0 Å². The van der Waals surface area contributed by atoms with Crippen LogP contribution >= 0.6 is 0 Å². The number of ether oxygens (including phenoxy) is 2. The monoisotopic (exact) mass is 423 g/mol. The van der Waals surface area contributed by atoms with Gasteiger partial charge in [-0.1, -0.05) is 55.1 Å². The van der Waals surface area contributed by atoms with Crippen molar-refractivity contribution in [1.82, 2.24) is 4.90 Å². The van der Waals surface area contributed by atoms with Crippen LogP contribution in [0.1, 0.15) is 51.7 Å². The van der Waals surface area contributed by atoms with Crippen molar-refractivity contribution in [3.8, 4) is 5.75 Å². The van der Waals surface area contributed by atoms with E-state index in [-0.39, 0.29) is 23.8 Å². The highest BCUT2D eigenvalue weighted by atomic mass is 16.5. The fraction of sp³-hybridized carbons (Fsp3) is 0.481. The Hall–Kier alpha value is -2.14. The third kappa shape index (κ3) is 6.42. The second kappa shape index (κ2) is 9.99. The van der Waals surface area contributed by atoms with Gasteiger partial charge in [-0.3, -0.25) is 4.90 Å². The third-order valence-electron chi connectivity index (χ3n) is 6.20. The minimum atomic E-state index is -0.570. The van der Waals surface area contributed by atoms with Crippen LogP contribution in [0.15, 0.2) is 61.2 Å². The first-order valence-electron chi connectivity index (χ1n) is 11.2. The predicted octanol–water partition coefficient (Wildman–Crippen LogP) is 5.31. The van der Waals surface area contributed by atoms with Crippen LogP contribution in [-0.2, 0) is 11.3 Å². The van der Waals surface area contributed by atoms with Gasteiger partial charge in [0.1, 0.15) is 18.5 Å². The lowest BCUT2D eigenvalue weighted by atomic mass is 9.78. The van der Waals surface area contributed by atoms with Crippen molar-refractivity contribution < 1.29 is 14.6 Å². The molecule has 4 heteroatoms. The summed E-state index contributed by atoms with van der Waals surface area (Å²) in [7, 11) is 0. The number of β-amino-alcohol motifs (C(OH)–C–C–N with tert-alkyl or cyclic N) is 1. The Balaban J connectivity index is 1.55. The second-order valence-corrected chi connectivity index (χ2v) is 9.80. The zero-order valence-electron chi connectivity index (χ0n) is 19.4. The van der Waals surface area contributed by atoms with Gasteiger partial charge in [0.15, 0.2) is 0 Å². The summed E-state index contributed by atoms with van der Waals surface area (Å²) in [4.78, 5) is 2.41. The molecule has 0 bridgehead atoms. The van der Waals surface area contributed by atoms with Gasteiger partial charge in [0, 0.05) is 17.6 Å². The molecule has 4 nitrogen and oxygen atoms in total. The van der Waals surface area contributed by atoms with Crippen LogP contribution in [0, 0.1) is 0 Å². The van der Waals surface area contributed by atoms with E-state index in [9.17, 15) is 5.11 Å². The smallest absolute Gasteiger partial charge is 0.119 e. The molecule has 0 radical (unpaired) electrons. The first-order chi connectivity index (χ1) is 14.7. The lowest BCUT2D eigenvalue weighted by molar-refractivity contribution is -0.121. The van der Waals surface area contributed by atoms with E-state index >= 15 is 0 Å². The average molecular weight is 424 g/mol. The molecule has 1 aliphatic heterocycles. The lowest BCUT2D eigenvalue weighted by Gasteiger charge is -2.55. The molecule has 1 aliphatic rings. The standard InChI is InChI=1S/C27H37NO3/c1-6-21-12-14-24(15-13-21)31-20-23(29)18-28-26(2,3)16-25(17-27(28,4)5)30-19-22-10-8-7-9-11-22/h6-15,23,25,29H,1,16-20H2,2-5H3. The molecule has 2 aromatic carbocycles. The summed E-state index contributed by atoms with van der Waals surface area (Å²) in [5.74, 6) is 0.760. The van der Waals surface area contributed by atoms with Crippen LogP contribution < -0.4 is 4.74 Å². The Morgan fingerprint density at radius 2 is 1.65 bits per heavy atom. The van der Waals surface area contributed by atoms with E-state index in [0.717, 1.165) is 24.2 Å². The summed E-state index contributed by atoms with van der Waals surface area (Å²) in [6.07, 6.45) is 3.29. The zero-order valence-corrected chi connectivity index (χ0v) is 19.4. The van der Waals surface area contributed by atoms with Gasteiger partial charge in [-0.25, -0.2) is 0 Å². The van der Waals surface area contributed by atoms with Gasteiger partial charge in [0.2, 0.25) is 0 Å². The van der Waals surface area contributed by atoms with E-state index in [1.165, 1.54) is 5.56 Å². The molecule has 1 unspecified atom stereocenters. The highest BCUT2D eigenvalue weighted by molar-refractivity contribution is 5.48. The topological polar surface area (TPSA) is 41.9 Å². The zero-order chi connectivity index (χ0) is 22.5. The maximum absolute atomic E-state index is 10.7. The molecular weight excluding hydrogens is 386 g/mol. The van der Waals surface area contributed by atoms with E-state index < -0.39 is 6.10 Å². The number of hydrogen-bond acceptors (Lipinski definition) is 4. The second-order valence-electron chi connectivity index (χ2n) is 9.80. The fourth-order valence-corrected chi connectivity index (χ4v) is 4.78. The van der Waals surface area contributed by atoms with Crippen LogP contribution in [0.25, 0.3) is 6.08 Å². The summed E-state index contributed by atoms with van der Waals surface area (Å²) < 4.78 is 12.1.